The van der Waals surface area contributed by atoms with E-state index in [-0.39, 0.29) is 18.7 Å². The van der Waals surface area contributed by atoms with Gasteiger partial charge < -0.3 is 24.4 Å². The van der Waals surface area contributed by atoms with Gasteiger partial charge in [0.25, 0.3) is 5.91 Å². The summed E-state index contributed by atoms with van der Waals surface area (Å²) in [6.07, 6.45) is 0. The molecular weight excluding hydrogens is 446 g/mol. The smallest absolute Gasteiger partial charge is 0.322 e. The summed E-state index contributed by atoms with van der Waals surface area (Å²) in [5, 5.41) is 2.98. The standard InChI is InChI=1S/C27H23N3O5/c1-29-21-15-30(14-17-10-11-22-23(12-17)34-16-33-22)26(31)24(21)25(28-27(29)32)18-6-5-9-20(13-18)35-19-7-3-2-4-8-19/h2-13,25H,14-16H2,1H3,(H,28,32)/t25-/m1/s1. The van der Waals surface area contributed by atoms with Crippen LogP contribution in [0.25, 0.3) is 0 Å². The highest BCUT2D eigenvalue weighted by Gasteiger charge is 2.43. The van der Waals surface area contributed by atoms with Crippen LogP contribution >= 0.6 is 0 Å². The molecule has 35 heavy (non-hydrogen) atoms. The number of fused-ring (bicyclic) bond motifs is 1. The Morgan fingerprint density at radius 1 is 0.943 bits per heavy atom. The number of urea groups is 1. The molecule has 3 aromatic rings. The van der Waals surface area contributed by atoms with Crippen LogP contribution in [0.2, 0.25) is 0 Å². The topological polar surface area (TPSA) is 80.3 Å². The minimum Gasteiger partial charge on any atom is -0.457 e. The molecule has 1 N–H and O–H groups in total. The van der Waals surface area contributed by atoms with Crippen molar-refractivity contribution in [2.45, 2.75) is 12.6 Å². The van der Waals surface area contributed by atoms with Crippen molar-refractivity contribution in [2.75, 3.05) is 20.4 Å². The third-order valence-corrected chi connectivity index (χ3v) is 6.42. The number of rotatable bonds is 5. The van der Waals surface area contributed by atoms with Gasteiger partial charge in [-0.3, -0.25) is 9.69 Å². The fraction of sp³-hybridized carbons (Fsp3) is 0.185. The summed E-state index contributed by atoms with van der Waals surface area (Å²) in [6, 6.07) is 21.8. The van der Waals surface area contributed by atoms with Crippen LogP contribution in [0.5, 0.6) is 23.0 Å². The van der Waals surface area contributed by atoms with Crippen LogP contribution in [0.1, 0.15) is 17.2 Å². The number of hydrogen-bond donors (Lipinski definition) is 1. The Balaban J connectivity index is 1.28. The van der Waals surface area contributed by atoms with Crippen LogP contribution in [0.4, 0.5) is 4.79 Å². The summed E-state index contributed by atoms with van der Waals surface area (Å²) in [4.78, 5) is 29.6. The molecule has 8 nitrogen and oxygen atoms in total. The Hall–Kier alpha value is -4.46. The van der Waals surface area contributed by atoms with E-state index in [1.807, 2.05) is 72.8 Å². The second kappa shape index (κ2) is 8.39. The minimum atomic E-state index is -0.567. The maximum atomic E-state index is 13.6. The van der Waals surface area contributed by atoms with Crippen molar-refractivity contribution in [2.24, 2.45) is 0 Å². The van der Waals surface area contributed by atoms with Crippen molar-refractivity contribution in [3.05, 3.63) is 95.2 Å². The van der Waals surface area contributed by atoms with E-state index >= 15 is 0 Å². The zero-order chi connectivity index (χ0) is 23.9. The highest BCUT2D eigenvalue weighted by molar-refractivity contribution is 6.01. The van der Waals surface area contributed by atoms with E-state index in [1.54, 1.807) is 11.9 Å². The van der Waals surface area contributed by atoms with Gasteiger partial charge in [0.05, 0.1) is 23.9 Å². The number of hydrogen-bond acceptors (Lipinski definition) is 5. The molecule has 0 saturated carbocycles. The Kier molecular flexibility index (Phi) is 5.06. The summed E-state index contributed by atoms with van der Waals surface area (Å²) >= 11 is 0. The predicted octanol–water partition coefficient (Wildman–Crippen LogP) is 4.20. The monoisotopic (exact) mass is 469 g/mol. The third kappa shape index (κ3) is 3.82. The molecule has 1 atom stereocenters. The molecule has 3 aliphatic heterocycles. The van der Waals surface area contributed by atoms with E-state index in [9.17, 15) is 9.59 Å². The Morgan fingerprint density at radius 3 is 2.60 bits per heavy atom. The van der Waals surface area contributed by atoms with E-state index in [1.165, 1.54) is 4.90 Å². The second-order valence-electron chi connectivity index (χ2n) is 8.64. The molecule has 6 rings (SSSR count). The van der Waals surface area contributed by atoms with Gasteiger partial charge in [-0.1, -0.05) is 36.4 Å². The summed E-state index contributed by atoms with van der Waals surface area (Å²) in [5.41, 5.74) is 2.99. The van der Waals surface area contributed by atoms with Crippen molar-refractivity contribution in [3.63, 3.8) is 0 Å². The zero-order valence-electron chi connectivity index (χ0n) is 19.1. The SMILES string of the molecule is CN1C(=O)N[C@H](c2cccc(Oc3ccccc3)c2)C2=C1CN(Cc1ccc3c(c1)OCO3)C2=O. The lowest BCUT2D eigenvalue weighted by Crippen LogP contribution is -2.45. The molecule has 0 radical (unpaired) electrons. The van der Waals surface area contributed by atoms with E-state index in [4.69, 9.17) is 14.2 Å². The molecule has 3 amide bonds. The van der Waals surface area contributed by atoms with Crippen LogP contribution < -0.4 is 19.5 Å². The predicted molar refractivity (Wildman–Crippen MR) is 127 cm³/mol. The molecule has 0 saturated heterocycles. The quantitative estimate of drug-likeness (QED) is 0.606. The fourth-order valence-electron chi connectivity index (χ4n) is 4.64. The normalized spacial score (nSPS) is 18.6. The molecule has 0 spiro atoms. The highest BCUT2D eigenvalue weighted by atomic mass is 16.7. The molecule has 0 unspecified atom stereocenters. The first-order valence-electron chi connectivity index (χ1n) is 11.3. The Morgan fingerprint density at radius 2 is 1.74 bits per heavy atom. The first kappa shape index (κ1) is 21.1. The van der Waals surface area contributed by atoms with Gasteiger partial charge in [0.2, 0.25) is 6.79 Å². The molecule has 0 aliphatic carbocycles. The summed E-state index contributed by atoms with van der Waals surface area (Å²) in [5.74, 6) is 2.61. The highest BCUT2D eigenvalue weighted by Crippen LogP contribution is 2.38. The lowest BCUT2D eigenvalue weighted by atomic mass is 9.95. The Bertz CT molecular complexity index is 1350. The minimum absolute atomic E-state index is 0.108. The first-order chi connectivity index (χ1) is 17.1. The van der Waals surface area contributed by atoms with E-state index in [0.29, 0.717) is 47.4 Å². The van der Waals surface area contributed by atoms with Crippen LogP contribution in [0, 0.1) is 0 Å². The zero-order valence-corrected chi connectivity index (χ0v) is 19.1. The largest absolute Gasteiger partial charge is 0.457 e. The number of para-hydroxylation sites is 1. The molecule has 8 heteroatoms. The van der Waals surface area contributed by atoms with Crippen molar-refractivity contribution < 1.29 is 23.8 Å². The third-order valence-electron chi connectivity index (χ3n) is 6.42. The van der Waals surface area contributed by atoms with Gasteiger partial charge in [0.15, 0.2) is 11.5 Å². The molecular formula is C27H23N3O5. The number of ether oxygens (including phenoxy) is 3. The van der Waals surface area contributed by atoms with Crippen molar-refractivity contribution in [3.8, 4) is 23.0 Å². The number of amides is 3. The number of likely N-dealkylation sites (N-methyl/N-ethyl adjacent to an activating group) is 1. The number of carbonyl (C=O) groups is 2. The molecule has 3 aromatic carbocycles. The number of nitrogens with zero attached hydrogens (tertiary/aromatic N) is 2. The van der Waals surface area contributed by atoms with E-state index in [0.717, 1.165) is 11.1 Å². The van der Waals surface area contributed by atoms with Gasteiger partial charge in [-0.25, -0.2) is 4.79 Å². The molecule has 3 aliphatic rings. The lowest BCUT2D eigenvalue weighted by Gasteiger charge is -2.31. The average molecular weight is 469 g/mol. The van der Waals surface area contributed by atoms with Gasteiger partial charge in [-0.2, -0.15) is 0 Å². The van der Waals surface area contributed by atoms with Gasteiger partial charge in [-0.05, 0) is 47.5 Å². The van der Waals surface area contributed by atoms with Gasteiger partial charge in [0.1, 0.15) is 11.5 Å². The maximum Gasteiger partial charge on any atom is 0.322 e. The number of carbonyl (C=O) groups excluding carboxylic acids is 2. The lowest BCUT2D eigenvalue weighted by molar-refractivity contribution is -0.126. The van der Waals surface area contributed by atoms with E-state index < -0.39 is 6.04 Å². The first-order valence-corrected chi connectivity index (χ1v) is 11.3. The van der Waals surface area contributed by atoms with Gasteiger partial charge in [-0.15, -0.1) is 0 Å². The molecule has 0 fully saturated rings. The summed E-state index contributed by atoms with van der Waals surface area (Å²) in [7, 11) is 1.69. The fourth-order valence-corrected chi connectivity index (χ4v) is 4.64. The molecule has 0 bridgehead atoms. The van der Waals surface area contributed by atoms with Crippen LogP contribution in [0.15, 0.2) is 84.1 Å². The summed E-state index contributed by atoms with van der Waals surface area (Å²) in [6.45, 7) is 0.947. The van der Waals surface area contributed by atoms with Crippen molar-refractivity contribution in [1.29, 1.82) is 0 Å². The molecule has 176 valence electrons. The Labute approximate surface area is 202 Å². The van der Waals surface area contributed by atoms with Gasteiger partial charge >= 0.3 is 6.03 Å². The molecule has 3 heterocycles. The van der Waals surface area contributed by atoms with Crippen LogP contribution in [-0.4, -0.2) is 42.1 Å². The van der Waals surface area contributed by atoms with Crippen molar-refractivity contribution in [1.82, 2.24) is 15.1 Å². The molecule has 0 aromatic heterocycles. The summed E-state index contributed by atoms with van der Waals surface area (Å²) < 4.78 is 16.8. The van der Waals surface area contributed by atoms with Crippen LogP contribution in [0.3, 0.4) is 0 Å². The van der Waals surface area contributed by atoms with Crippen LogP contribution in [-0.2, 0) is 11.3 Å². The average Bonchev–Trinajstić information content (AvgIpc) is 3.47. The number of nitrogens with one attached hydrogen (secondary N) is 1. The van der Waals surface area contributed by atoms with Crippen molar-refractivity contribution >= 4 is 11.9 Å². The van der Waals surface area contributed by atoms with E-state index in [2.05, 4.69) is 5.32 Å². The maximum absolute atomic E-state index is 13.6. The van der Waals surface area contributed by atoms with Gasteiger partial charge in [0, 0.05) is 13.6 Å². The number of benzene rings is 3. The second-order valence-corrected chi connectivity index (χ2v) is 8.64.